The molecule has 0 saturated carbocycles. The van der Waals surface area contributed by atoms with Crippen molar-refractivity contribution in [2.45, 2.75) is 0 Å². The first-order chi connectivity index (χ1) is 7.58. The average Bonchev–Trinajstić information content (AvgIpc) is 2.22. The lowest BCUT2D eigenvalue weighted by molar-refractivity contribution is 1.59. The largest absolute Gasteiger partial charge is 0.399 e. The molecule has 0 aliphatic heterocycles. The van der Waals surface area contributed by atoms with Gasteiger partial charge in [-0.3, -0.25) is 0 Å². The smallest absolute Gasteiger partial charge is 0.0554 e. The van der Waals surface area contributed by atoms with Crippen molar-refractivity contribution >= 4 is 72.4 Å². The van der Waals surface area contributed by atoms with E-state index < -0.39 is 0 Å². The predicted octanol–water partition coefficient (Wildman–Crippen LogP) is 3.37. The van der Waals surface area contributed by atoms with Crippen LogP contribution in [0.3, 0.4) is 0 Å². The second-order valence-corrected chi connectivity index (χ2v) is 3.69. The normalized spacial score (nSPS) is 8.20. The van der Waals surface area contributed by atoms with Gasteiger partial charge in [-0.1, -0.05) is 12.1 Å². The summed E-state index contributed by atoms with van der Waals surface area (Å²) in [5.41, 5.74) is 27.2. The van der Waals surface area contributed by atoms with Crippen molar-refractivity contribution in [1.29, 1.82) is 0 Å². The van der Waals surface area contributed by atoms with Gasteiger partial charge >= 0.3 is 0 Å². The van der Waals surface area contributed by atoms with E-state index in [-0.39, 0.29) is 49.6 Å². The van der Waals surface area contributed by atoms with Gasteiger partial charge in [0, 0.05) is 16.9 Å². The van der Waals surface area contributed by atoms with Gasteiger partial charge in [-0.2, -0.15) is 0 Å². The Balaban J connectivity index is -0.000000722. The van der Waals surface area contributed by atoms with Gasteiger partial charge in [0.15, 0.2) is 0 Å². The lowest BCUT2D eigenvalue weighted by atomic mass is 10.0. The van der Waals surface area contributed by atoms with E-state index in [4.69, 9.17) is 22.9 Å². The monoisotopic (exact) mass is 358 g/mol. The Hall–Kier alpha value is -1.20. The highest BCUT2D eigenvalue weighted by Gasteiger charge is 2.04. The molecular formula is C12H18Cl4N4. The van der Waals surface area contributed by atoms with Crippen molar-refractivity contribution in [2.75, 3.05) is 22.9 Å². The SMILES string of the molecule is Cl.Cl.Cl.Cl.Nc1ccc(-c2ccc(N)c(N)c2)c(N)c1. The lowest BCUT2D eigenvalue weighted by Gasteiger charge is -2.08. The van der Waals surface area contributed by atoms with Crippen LogP contribution in [0.1, 0.15) is 0 Å². The highest BCUT2D eigenvalue weighted by Crippen LogP contribution is 2.30. The van der Waals surface area contributed by atoms with E-state index in [0.29, 0.717) is 22.7 Å². The summed E-state index contributed by atoms with van der Waals surface area (Å²) >= 11 is 0. The van der Waals surface area contributed by atoms with E-state index in [1.165, 1.54) is 0 Å². The molecule has 0 bridgehead atoms. The molecule has 0 saturated heterocycles. The molecule has 0 aliphatic carbocycles. The maximum atomic E-state index is 5.89. The Morgan fingerprint density at radius 3 is 1.65 bits per heavy atom. The number of rotatable bonds is 1. The summed E-state index contributed by atoms with van der Waals surface area (Å²) in [5.74, 6) is 0. The van der Waals surface area contributed by atoms with E-state index in [1.807, 2.05) is 12.1 Å². The van der Waals surface area contributed by atoms with Gasteiger partial charge in [0.05, 0.1) is 11.4 Å². The third-order valence-corrected chi connectivity index (χ3v) is 2.47. The van der Waals surface area contributed by atoms with E-state index in [0.717, 1.165) is 11.1 Å². The summed E-state index contributed by atoms with van der Waals surface area (Å²) in [6.45, 7) is 0. The van der Waals surface area contributed by atoms with E-state index in [2.05, 4.69) is 0 Å². The lowest BCUT2D eigenvalue weighted by Crippen LogP contribution is -1.96. The minimum atomic E-state index is 0. The highest BCUT2D eigenvalue weighted by atomic mass is 35.5. The minimum absolute atomic E-state index is 0. The van der Waals surface area contributed by atoms with Crippen LogP contribution in [-0.2, 0) is 0 Å². The van der Waals surface area contributed by atoms with E-state index in [9.17, 15) is 0 Å². The van der Waals surface area contributed by atoms with Gasteiger partial charge in [-0.15, -0.1) is 49.6 Å². The Morgan fingerprint density at radius 2 is 1.15 bits per heavy atom. The molecule has 0 aliphatic rings. The van der Waals surface area contributed by atoms with Crippen LogP contribution >= 0.6 is 49.6 Å². The van der Waals surface area contributed by atoms with Gasteiger partial charge in [0.2, 0.25) is 0 Å². The second-order valence-electron chi connectivity index (χ2n) is 3.69. The van der Waals surface area contributed by atoms with Crippen molar-refractivity contribution in [1.82, 2.24) is 0 Å². The molecular weight excluding hydrogens is 342 g/mol. The summed E-state index contributed by atoms with van der Waals surface area (Å²) in [4.78, 5) is 0. The fourth-order valence-electron chi connectivity index (χ4n) is 1.59. The first-order valence-corrected chi connectivity index (χ1v) is 4.88. The van der Waals surface area contributed by atoms with Crippen molar-refractivity contribution in [3.63, 3.8) is 0 Å². The zero-order valence-electron chi connectivity index (χ0n) is 10.4. The molecule has 0 aromatic heterocycles. The van der Waals surface area contributed by atoms with Gasteiger partial charge in [-0.25, -0.2) is 0 Å². The number of benzene rings is 2. The van der Waals surface area contributed by atoms with Gasteiger partial charge in [0.25, 0.3) is 0 Å². The number of hydrogen-bond acceptors (Lipinski definition) is 4. The molecule has 0 heterocycles. The molecule has 114 valence electrons. The molecule has 0 amide bonds. The van der Waals surface area contributed by atoms with Crippen LogP contribution in [0.5, 0.6) is 0 Å². The summed E-state index contributed by atoms with van der Waals surface area (Å²) in [7, 11) is 0. The highest BCUT2D eigenvalue weighted by molar-refractivity contribution is 5.86. The Labute approximate surface area is 142 Å². The van der Waals surface area contributed by atoms with Crippen molar-refractivity contribution < 1.29 is 0 Å². The van der Waals surface area contributed by atoms with Crippen LogP contribution in [0.25, 0.3) is 11.1 Å². The number of halogens is 4. The molecule has 0 spiro atoms. The summed E-state index contributed by atoms with van der Waals surface area (Å²) in [5, 5.41) is 0. The fourth-order valence-corrected chi connectivity index (χ4v) is 1.59. The maximum Gasteiger partial charge on any atom is 0.0554 e. The number of nitrogens with two attached hydrogens (primary N) is 4. The third-order valence-electron chi connectivity index (χ3n) is 2.47. The van der Waals surface area contributed by atoms with Crippen LogP contribution in [0.15, 0.2) is 36.4 Å². The molecule has 0 fully saturated rings. The molecule has 0 atom stereocenters. The zero-order chi connectivity index (χ0) is 11.7. The van der Waals surface area contributed by atoms with E-state index in [1.54, 1.807) is 24.3 Å². The standard InChI is InChI=1S/C12H14N4.4ClH/c13-8-2-3-9(11(15)6-8)7-1-4-10(14)12(16)5-7;;;;/h1-6H,13-16H2;4*1H. The molecule has 4 nitrogen and oxygen atoms in total. The molecule has 8 N–H and O–H groups in total. The first-order valence-electron chi connectivity index (χ1n) is 4.88. The summed E-state index contributed by atoms with van der Waals surface area (Å²) < 4.78 is 0. The predicted molar refractivity (Wildman–Crippen MR) is 98.5 cm³/mol. The molecule has 0 unspecified atom stereocenters. The summed E-state index contributed by atoms with van der Waals surface area (Å²) in [6.07, 6.45) is 0. The maximum absolute atomic E-state index is 5.89. The molecule has 2 aromatic carbocycles. The fraction of sp³-hybridized carbons (Fsp3) is 0. The number of nitrogen functional groups attached to an aromatic ring is 4. The second kappa shape index (κ2) is 9.66. The average molecular weight is 360 g/mol. The first kappa shape index (κ1) is 23.9. The molecule has 8 heteroatoms. The van der Waals surface area contributed by atoms with Gasteiger partial charge < -0.3 is 22.9 Å². The van der Waals surface area contributed by atoms with Crippen LogP contribution in [0, 0.1) is 0 Å². The van der Waals surface area contributed by atoms with Gasteiger partial charge in [-0.05, 0) is 29.8 Å². The number of anilines is 4. The number of hydrogen-bond donors (Lipinski definition) is 4. The van der Waals surface area contributed by atoms with Crippen LogP contribution < -0.4 is 22.9 Å². The minimum Gasteiger partial charge on any atom is -0.399 e. The molecule has 2 aromatic rings. The van der Waals surface area contributed by atoms with E-state index >= 15 is 0 Å². The van der Waals surface area contributed by atoms with Crippen LogP contribution in [0.2, 0.25) is 0 Å². The zero-order valence-corrected chi connectivity index (χ0v) is 13.7. The quantitative estimate of drug-likeness (QED) is 0.586. The Kier molecular flexibility index (Phi) is 11.5. The molecule has 2 rings (SSSR count). The van der Waals surface area contributed by atoms with Crippen LogP contribution in [-0.4, -0.2) is 0 Å². The Morgan fingerprint density at radius 1 is 0.550 bits per heavy atom. The molecule has 20 heavy (non-hydrogen) atoms. The molecule has 0 radical (unpaired) electrons. The summed E-state index contributed by atoms with van der Waals surface area (Å²) in [6, 6.07) is 10.8. The van der Waals surface area contributed by atoms with Crippen molar-refractivity contribution in [2.24, 2.45) is 0 Å². The van der Waals surface area contributed by atoms with Crippen LogP contribution in [0.4, 0.5) is 22.7 Å². The topological polar surface area (TPSA) is 104 Å². The van der Waals surface area contributed by atoms with Gasteiger partial charge in [0.1, 0.15) is 0 Å². The Bertz CT molecular complexity index is 549. The van der Waals surface area contributed by atoms with Crippen molar-refractivity contribution in [3.05, 3.63) is 36.4 Å². The third kappa shape index (κ3) is 5.06. The van der Waals surface area contributed by atoms with Crippen molar-refractivity contribution in [3.8, 4) is 11.1 Å².